The molecule has 0 spiro atoms. The Hall–Kier alpha value is -1.26. The highest BCUT2D eigenvalue weighted by atomic mass is 16.4. The summed E-state index contributed by atoms with van der Waals surface area (Å²) >= 11 is 0. The molecule has 0 bridgehead atoms. The Morgan fingerprint density at radius 2 is 1.71 bits per heavy atom. The second-order valence-corrected chi connectivity index (χ2v) is 6.73. The third-order valence-electron chi connectivity index (χ3n) is 5.41. The molecule has 120 valence electrons. The monoisotopic (exact) mass is 296 g/mol. The molecular formula is C16H28N2O3. The van der Waals surface area contributed by atoms with Crippen molar-refractivity contribution in [2.45, 2.75) is 52.4 Å². The van der Waals surface area contributed by atoms with Crippen molar-refractivity contribution in [1.82, 2.24) is 9.80 Å². The fourth-order valence-electron chi connectivity index (χ4n) is 3.50. The van der Waals surface area contributed by atoms with Crippen molar-refractivity contribution < 1.29 is 14.7 Å². The predicted molar refractivity (Wildman–Crippen MR) is 81.2 cm³/mol. The molecule has 0 aromatic rings. The fourth-order valence-corrected chi connectivity index (χ4v) is 3.50. The van der Waals surface area contributed by atoms with Gasteiger partial charge >= 0.3 is 12.0 Å². The van der Waals surface area contributed by atoms with E-state index < -0.39 is 11.4 Å². The van der Waals surface area contributed by atoms with E-state index in [9.17, 15) is 14.7 Å². The molecule has 2 heterocycles. The number of hydrogen-bond donors (Lipinski definition) is 1. The summed E-state index contributed by atoms with van der Waals surface area (Å²) in [6.45, 7) is 7.01. The van der Waals surface area contributed by atoms with Crippen LogP contribution in [0.1, 0.15) is 52.4 Å². The van der Waals surface area contributed by atoms with E-state index in [-0.39, 0.29) is 6.03 Å². The highest BCUT2D eigenvalue weighted by Gasteiger charge is 2.41. The van der Waals surface area contributed by atoms with Crippen LogP contribution in [0.5, 0.6) is 0 Å². The van der Waals surface area contributed by atoms with E-state index in [0.717, 1.165) is 25.9 Å². The summed E-state index contributed by atoms with van der Waals surface area (Å²) in [5, 5.41) is 9.41. The lowest BCUT2D eigenvalue weighted by atomic mass is 9.76. The molecule has 21 heavy (non-hydrogen) atoms. The van der Waals surface area contributed by atoms with Gasteiger partial charge in [-0.05, 0) is 44.4 Å². The molecule has 2 aliphatic rings. The molecular weight excluding hydrogens is 268 g/mol. The van der Waals surface area contributed by atoms with Crippen LogP contribution in [-0.4, -0.2) is 53.1 Å². The summed E-state index contributed by atoms with van der Waals surface area (Å²) in [5.41, 5.74) is -0.621. The number of amides is 2. The maximum atomic E-state index is 12.6. The van der Waals surface area contributed by atoms with Gasteiger partial charge in [-0.3, -0.25) is 4.79 Å². The van der Waals surface area contributed by atoms with E-state index in [2.05, 4.69) is 6.92 Å². The fraction of sp³-hybridized carbons (Fsp3) is 0.875. The Morgan fingerprint density at radius 1 is 1.10 bits per heavy atom. The average Bonchev–Trinajstić information content (AvgIpc) is 2.71. The van der Waals surface area contributed by atoms with Gasteiger partial charge in [-0.2, -0.15) is 0 Å². The first kappa shape index (κ1) is 16.1. The van der Waals surface area contributed by atoms with Crippen molar-refractivity contribution in [3.63, 3.8) is 0 Å². The van der Waals surface area contributed by atoms with Gasteiger partial charge in [0.15, 0.2) is 0 Å². The summed E-state index contributed by atoms with van der Waals surface area (Å²) in [7, 11) is 0. The van der Waals surface area contributed by atoms with Crippen molar-refractivity contribution >= 4 is 12.0 Å². The molecule has 5 nitrogen and oxygen atoms in total. The van der Waals surface area contributed by atoms with Crippen LogP contribution >= 0.6 is 0 Å². The number of hydrogen-bond acceptors (Lipinski definition) is 2. The number of likely N-dealkylation sites (tertiary alicyclic amines) is 2. The van der Waals surface area contributed by atoms with Crippen LogP contribution in [-0.2, 0) is 4.79 Å². The Morgan fingerprint density at radius 3 is 2.29 bits per heavy atom. The van der Waals surface area contributed by atoms with Crippen LogP contribution in [0, 0.1) is 11.3 Å². The maximum absolute atomic E-state index is 12.6. The van der Waals surface area contributed by atoms with E-state index >= 15 is 0 Å². The standard InChI is InChI=1S/C16H28N2O3/c1-3-16(14(19)20)7-11-18(12-8-16)15(21)17-9-4-5-13(2)6-10-17/h13H,3-12H2,1-2H3,(H,19,20). The van der Waals surface area contributed by atoms with Gasteiger partial charge in [-0.1, -0.05) is 13.8 Å². The average molecular weight is 296 g/mol. The third-order valence-corrected chi connectivity index (χ3v) is 5.41. The number of piperidine rings is 1. The van der Waals surface area contributed by atoms with Crippen molar-refractivity contribution in [3.8, 4) is 0 Å². The number of carboxylic acid groups (broad SMARTS) is 1. The van der Waals surface area contributed by atoms with Gasteiger partial charge in [-0.15, -0.1) is 0 Å². The summed E-state index contributed by atoms with van der Waals surface area (Å²) in [6, 6.07) is 0.110. The van der Waals surface area contributed by atoms with Gasteiger partial charge in [0.1, 0.15) is 0 Å². The molecule has 5 heteroatoms. The number of rotatable bonds is 2. The topological polar surface area (TPSA) is 60.9 Å². The molecule has 1 unspecified atom stereocenters. The van der Waals surface area contributed by atoms with E-state index in [1.165, 1.54) is 6.42 Å². The van der Waals surface area contributed by atoms with Crippen LogP contribution in [0.4, 0.5) is 4.79 Å². The highest BCUT2D eigenvalue weighted by Crippen LogP contribution is 2.35. The molecule has 2 rings (SSSR count). The number of carbonyl (C=O) groups excluding carboxylic acids is 1. The molecule has 1 N–H and O–H groups in total. The summed E-state index contributed by atoms with van der Waals surface area (Å²) in [6.07, 6.45) is 5.15. The molecule has 2 fully saturated rings. The smallest absolute Gasteiger partial charge is 0.319 e. The van der Waals surface area contributed by atoms with E-state index in [4.69, 9.17) is 0 Å². The van der Waals surface area contributed by atoms with E-state index in [1.807, 2.05) is 16.7 Å². The van der Waals surface area contributed by atoms with Crippen LogP contribution in [0.15, 0.2) is 0 Å². The van der Waals surface area contributed by atoms with Crippen LogP contribution in [0.3, 0.4) is 0 Å². The lowest BCUT2D eigenvalue weighted by Gasteiger charge is -2.40. The minimum absolute atomic E-state index is 0.110. The quantitative estimate of drug-likeness (QED) is 0.852. The zero-order chi connectivity index (χ0) is 15.5. The highest BCUT2D eigenvalue weighted by molar-refractivity contribution is 5.77. The normalized spacial score (nSPS) is 26.3. The first-order valence-corrected chi connectivity index (χ1v) is 8.26. The summed E-state index contributed by atoms with van der Waals surface area (Å²) < 4.78 is 0. The minimum atomic E-state index is -0.708. The largest absolute Gasteiger partial charge is 0.481 e. The van der Waals surface area contributed by atoms with Crippen LogP contribution in [0.25, 0.3) is 0 Å². The number of urea groups is 1. The zero-order valence-corrected chi connectivity index (χ0v) is 13.3. The summed E-state index contributed by atoms with van der Waals surface area (Å²) in [4.78, 5) is 27.9. The van der Waals surface area contributed by atoms with Crippen molar-refractivity contribution in [1.29, 1.82) is 0 Å². The second kappa shape index (κ2) is 6.67. The Balaban J connectivity index is 1.92. The number of carbonyl (C=O) groups is 2. The predicted octanol–water partition coefficient (Wildman–Crippen LogP) is 2.81. The summed E-state index contributed by atoms with van der Waals surface area (Å²) in [5.74, 6) is -0.00963. The third kappa shape index (κ3) is 3.50. The van der Waals surface area contributed by atoms with Gasteiger partial charge in [0.25, 0.3) is 0 Å². The Labute approximate surface area is 127 Å². The van der Waals surface area contributed by atoms with E-state index in [1.54, 1.807) is 0 Å². The van der Waals surface area contributed by atoms with Gasteiger partial charge < -0.3 is 14.9 Å². The number of aliphatic carboxylic acids is 1. The van der Waals surface area contributed by atoms with Gasteiger partial charge in [0.2, 0.25) is 0 Å². The molecule has 2 amide bonds. The molecule has 2 saturated heterocycles. The molecule has 2 aliphatic heterocycles. The SMILES string of the molecule is CCC1(C(=O)O)CCN(C(=O)N2CCCC(C)CC2)CC1. The van der Waals surface area contributed by atoms with Crippen molar-refractivity contribution in [2.75, 3.05) is 26.2 Å². The minimum Gasteiger partial charge on any atom is -0.481 e. The van der Waals surface area contributed by atoms with Crippen LogP contribution in [0.2, 0.25) is 0 Å². The maximum Gasteiger partial charge on any atom is 0.319 e. The number of nitrogens with zero attached hydrogens (tertiary/aromatic N) is 2. The zero-order valence-electron chi connectivity index (χ0n) is 13.3. The molecule has 0 saturated carbocycles. The van der Waals surface area contributed by atoms with Gasteiger partial charge in [0, 0.05) is 26.2 Å². The van der Waals surface area contributed by atoms with Crippen LogP contribution < -0.4 is 0 Å². The first-order chi connectivity index (χ1) is 9.98. The van der Waals surface area contributed by atoms with Gasteiger partial charge in [0.05, 0.1) is 5.41 Å². The molecule has 0 radical (unpaired) electrons. The Bertz CT molecular complexity index is 389. The molecule has 0 aromatic carbocycles. The lowest BCUT2D eigenvalue weighted by molar-refractivity contribution is -0.152. The molecule has 0 aromatic heterocycles. The van der Waals surface area contributed by atoms with E-state index in [0.29, 0.717) is 38.3 Å². The molecule has 1 atom stereocenters. The lowest BCUT2D eigenvalue weighted by Crippen LogP contribution is -2.50. The number of carboxylic acids is 1. The van der Waals surface area contributed by atoms with Crippen molar-refractivity contribution in [2.24, 2.45) is 11.3 Å². The first-order valence-electron chi connectivity index (χ1n) is 8.26. The second-order valence-electron chi connectivity index (χ2n) is 6.73. The Kier molecular flexibility index (Phi) is 5.12. The molecule has 0 aliphatic carbocycles. The van der Waals surface area contributed by atoms with Gasteiger partial charge in [-0.25, -0.2) is 4.79 Å². The van der Waals surface area contributed by atoms with Crippen molar-refractivity contribution in [3.05, 3.63) is 0 Å².